The molecule has 3 heteroatoms. The van der Waals surface area contributed by atoms with E-state index >= 15 is 0 Å². The molecule has 1 spiro atoms. The van der Waals surface area contributed by atoms with Crippen molar-refractivity contribution >= 4 is 11.6 Å². The van der Waals surface area contributed by atoms with E-state index in [-0.39, 0.29) is 0 Å². The maximum Gasteiger partial charge on any atom is 0.0661 e. The number of halogens is 1. The van der Waals surface area contributed by atoms with Crippen molar-refractivity contribution in [2.75, 3.05) is 6.61 Å². The van der Waals surface area contributed by atoms with Gasteiger partial charge < -0.3 is 10.1 Å². The van der Waals surface area contributed by atoms with Gasteiger partial charge in [0.2, 0.25) is 0 Å². The van der Waals surface area contributed by atoms with Crippen LogP contribution < -0.4 is 5.32 Å². The first-order valence-electron chi connectivity index (χ1n) is 8.29. The third-order valence-corrected chi connectivity index (χ3v) is 5.72. The number of hydrogen-bond acceptors (Lipinski definition) is 2. The number of nitrogens with one attached hydrogen (secondary N) is 1. The van der Waals surface area contributed by atoms with Crippen molar-refractivity contribution < 1.29 is 4.74 Å². The average Bonchev–Trinajstić information content (AvgIpc) is 2.98. The summed E-state index contributed by atoms with van der Waals surface area (Å²) in [5, 5.41) is 4.66. The fourth-order valence-electron chi connectivity index (χ4n) is 4.29. The Morgan fingerprint density at radius 2 is 2.14 bits per heavy atom. The minimum atomic E-state index is 0.341. The molecule has 2 aliphatic carbocycles. The molecule has 1 aromatic rings. The first-order valence-corrected chi connectivity index (χ1v) is 8.66. The van der Waals surface area contributed by atoms with Gasteiger partial charge >= 0.3 is 0 Å². The van der Waals surface area contributed by atoms with E-state index in [1.165, 1.54) is 31.2 Å². The molecule has 0 saturated heterocycles. The van der Waals surface area contributed by atoms with Crippen molar-refractivity contribution in [3.8, 4) is 0 Å². The standard InChI is InChI=1S/C18H26ClNO/c1-3-21-17-12-16(18(17)9-4-5-10-18)20-13(2)14-7-6-8-15(19)11-14/h6-8,11,13,16-17,20H,3-5,9-10,12H2,1-2H3. The van der Waals surface area contributed by atoms with Crippen molar-refractivity contribution in [2.24, 2.45) is 5.41 Å². The number of hydrogen-bond donors (Lipinski definition) is 1. The van der Waals surface area contributed by atoms with Gasteiger partial charge in [0.15, 0.2) is 0 Å². The lowest BCUT2D eigenvalue weighted by atomic mass is 9.60. The minimum absolute atomic E-state index is 0.341. The highest BCUT2D eigenvalue weighted by atomic mass is 35.5. The summed E-state index contributed by atoms with van der Waals surface area (Å²) in [4.78, 5) is 0. The smallest absolute Gasteiger partial charge is 0.0661 e. The lowest BCUT2D eigenvalue weighted by Gasteiger charge is -2.55. The Hall–Kier alpha value is -0.570. The summed E-state index contributed by atoms with van der Waals surface area (Å²) in [5.74, 6) is 0. The van der Waals surface area contributed by atoms with E-state index in [0.29, 0.717) is 23.6 Å². The largest absolute Gasteiger partial charge is 0.378 e. The summed E-state index contributed by atoms with van der Waals surface area (Å²) in [7, 11) is 0. The second kappa shape index (κ2) is 6.28. The molecule has 0 radical (unpaired) electrons. The summed E-state index contributed by atoms with van der Waals surface area (Å²) < 4.78 is 5.99. The topological polar surface area (TPSA) is 21.3 Å². The second-order valence-electron chi connectivity index (χ2n) is 6.62. The van der Waals surface area contributed by atoms with Gasteiger partial charge in [0.25, 0.3) is 0 Å². The molecule has 21 heavy (non-hydrogen) atoms. The van der Waals surface area contributed by atoms with Crippen molar-refractivity contribution in [3.63, 3.8) is 0 Å². The molecule has 3 unspecified atom stereocenters. The van der Waals surface area contributed by atoms with E-state index in [1.807, 2.05) is 12.1 Å². The van der Waals surface area contributed by atoms with Gasteiger partial charge in [0.1, 0.15) is 0 Å². The third-order valence-electron chi connectivity index (χ3n) is 5.49. The highest BCUT2D eigenvalue weighted by Crippen LogP contribution is 2.55. The summed E-state index contributed by atoms with van der Waals surface area (Å²) in [6.45, 7) is 5.18. The third kappa shape index (κ3) is 2.86. The molecular formula is C18H26ClNO. The van der Waals surface area contributed by atoms with Crippen molar-refractivity contribution in [3.05, 3.63) is 34.9 Å². The zero-order valence-electron chi connectivity index (χ0n) is 13.1. The van der Waals surface area contributed by atoms with Gasteiger partial charge in [0, 0.05) is 29.1 Å². The summed E-state index contributed by atoms with van der Waals surface area (Å²) in [6.07, 6.45) is 6.96. The maximum atomic E-state index is 6.11. The molecular weight excluding hydrogens is 282 g/mol. The van der Waals surface area contributed by atoms with Crippen LogP contribution in [0.25, 0.3) is 0 Å². The second-order valence-corrected chi connectivity index (χ2v) is 7.05. The van der Waals surface area contributed by atoms with Crippen LogP contribution in [0.1, 0.15) is 57.6 Å². The Bertz CT molecular complexity index is 484. The molecule has 0 bridgehead atoms. The van der Waals surface area contributed by atoms with Crippen LogP contribution in [-0.2, 0) is 4.74 Å². The van der Waals surface area contributed by atoms with Gasteiger partial charge in [0.05, 0.1) is 6.10 Å². The molecule has 0 aromatic heterocycles. The molecule has 2 saturated carbocycles. The Kier molecular flexibility index (Phi) is 4.58. The molecule has 1 aromatic carbocycles. The van der Waals surface area contributed by atoms with Crippen molar-refractivity contribution in [2.45, 2.75) is 64.1 Å². The van der Waals surface area contributed by atoms with Crippen LogP contribution in [0.5, 0.6) is 0 Å². The molecule has 1 N–H and O–H groups in total. The summed E-state index contributed by atoms with van der Waals surface area (Å²) in [6, 6.07) is 9.12. The fourth-order valence-corrected chi connectivity index (χ4v) is 4.49. The maximum absolute atomic E-state index is 6.11. The number of benzene rings is 1. The predicted octanol–water partition coefficient (Wildman–Crippen LogP) is 4.73. The van der Waals surface area contributed by atoms with E-state index in [4.69, 9.17) is 16.3 Å². The Balaban J connectivity index is 1.67. The molecule has 0 amide bonds. The molecule has 2 nitrogen and oxygen atoms in total. The van der Waals surface area contributed by atoms with Crippen LogP contribution >= 0.6 is 11.6 Å². The quantitative estimate of drug-likeness (QED) is 0.849. The molecule has 0 heterocycles. The normalized spacial score (nSPS) is 28.5. The van der Waals surface area contributed by atoms with Crippen LogP contribution in [0.3, 0.4) is 0 Å². The monoisotopic (exact) mass is 307 g/mol. The summed E-state index contributed by atoms with van der Waals surface area (Å²) >= 11 is 6.11. The van der Waals surface area contributed by atoms with Gasteiger partial charge in [-0.15, -0.1) is 0 Å². The molecule has 2 fully saturated rings. The molecule has 0 aliphatic heterocycles. The highest BCUT2D eigenvalue weighted by Gasteiger charge is 2.56. The zero-order chi connectivity index (χ0) is 14.9. The lowest BCUT2D eigenvalue weighted by molar-refractivity contribution is -0.132. The minimum Gasteiger partial charge on any atom is -0.378 e. The van der Waals surface area contributed by atoms with E-state index < -0.39 is 0 Å². The highest BCUT2D eigenvalue weighted by molar-refractivity contribution is 6.30. The van der Waals surface area contributed by atoms with E-state index in [0.717, 1.165) is 18.1 Å². The fraction of sp³-hybridized carbons (Fsp3) is 0.667. The van der Waals surface area contributed by atoms with Crippen LogP contribution in [-0.4, -0.2) is 18.8 Å². The predicted molar refractivity (Wildman–Crippen MR) is 87.7 cm³/mol. The van der Waals surface area contributed by atoms with Crippen LogP contribution in [0.15, 0.2) is 24.3 Å². The van der Waals surface area contributed by atoms with Crippen LogP contribution in [0.4, 0.5) is 0 Å². The number of rotatable bonds is 5. The molecule has 3 atom stereocenters. The van der Waals surface area contributed by atoms with Gasteiger partial charge in [-0.25, -0.2) is 0 Å². The SMILES string of the molecule is CCOC1CC(NC(C)c2cccc(Cl)c2)C12CCCC2. The van der Waals surface area contributed by atoms with Gasteiger partial charge in [-0.2, -0.15) is 0 Å². The Morgan fingerprint density at radius 3 is 2.81 bits per heavy atom. The first-order chi connectivity index (χ1) is 10.2. The Labute approximate surface area is 133 Å². The van der Waals surface area contributed by atoms with Gasteiger partial charge in [-0.3, -0.25) is 0 Å². The van der Waals surface area contributed by atoms with Gasteiger partial charge in [-0.1, -0.05) is 36.6 Å². The molecule has 2 aliphatic rings. The molecule has 3 rings (SSSR count). The lowest BCUT2D eigenvalue weighted by Crippen LogP contribution is -2.63. The molecule has 116 valence electrons. The van der Waals surface area contributed by atoms with Crippen molar-refractivity contribution in [1.82, 2.24) is 5.32 Å². The van der Waals surface area contributed by atoms with E-state index in [9.17, 15) is 0 Å². The van der Waals surface area contributed by atoms with Crippen LogP contribution in [0.2, 0.25) is 5.02 Å². The summed E-state index contributed by atoms with van der Waals surface area (Å²) in [5.41, 5.74) is 1.67. The zero-order valence-corrected chi connectivity index (χ0v) is 13.8. The van der Waals surface area contributed by atoms with Gasteiger partial charge in [-0.05, 0) is 50.8 Å². The van der Waals surface area contributed by atoms with E-state index in [2.05, 4.69) is 31.3 Å². The number of ether oxygens (including phenoxy) is 1. The average molecular weight is 308 g/mol. The first kappa shape index (κ1) is 15.3. The van der Waals surface area contributed by atoms with Crippen molar-refractivity contribution in [1.29, 1.82) is 0 Å². The van der Waals surface area contributed by atoms with Crippen LogP contribution in [0, 0.1) is 5.41 Å². The van der Waals surface area contributed by atoms with E-state index in [1.54, 1.807) is 0 Å². The Morgan fingerprint density at radius 1 is 1.38 bits per heavy atom.